The maximum absolute atomic E-state index is 13.2. The Kier molecular flexibility index (Phi) is 9.41. The summed E-state index contributed by atoms with van der Waals surface area (Å²) in [4.78, 5) is 28.2. The first kappa shape index (κ1) is 30.5. The van der Waals surface area contributed by atoms with E-state index in [1.807, 2.05) is 54.6 Å². The van der Waals surface area contributed by atoms with Gasteiger partial charge in [0.1, 0.15) is 12.6 Å². The molecule has 1 N–H and O–H groups in total. The second-order valence-corrected chi connectivity index (χ2v) is 10.4. The number of amides is 1. The molecule has 1 atom stereocenters. The highest BCUT2D eigenvalue weighted by Crippen LogP contribution is 2.33. The van der Waals surface area contributed by atoms with Crippen LogP contribution in [0.2, 0.25) is 0 Å². The smallest absolute Gasteiger partial charge is 0.416 e. The molecule has 44 heavy (non-hydrogen) atoms. The zero-order valence-electron chi connectivity index (χ0n) is 23.9. The molecule has 1 heterocycles. The van der Waals surface area contributed by atoms with Crippen molar-refractivity contribution >= 4 is 23.1 Å². The summed E-state index contributed by atoms with van der Waals surface area (Å²) in [7, 11) is 0. The van der Waals surface area contributed by atoms with Crippen molar-refractivity contribution in [2.45, 2.75) is 18.6 Å². The van der Waals surface area contributed by atoms with Crippen LogP contribution in [0.3, 0.4) is 0 Å². The number of hydrogen-bond acceptors (Lipinski definition) is 4. The Morgan fingerprint density at radius 3 is 2.18 bits per heavy atom. The van der Waals surface area contributed by atoms with Crippen molar-refractivity contribution < 1.29 is 27.5 Å². The Morgan fingerprint density at radius 1 is 0.886 bits per heavy atom. The van der Waals surface area contributed by atoms with E-state index in [0.717, 1.165) is 35.3 Å². The monoisotopic (exact) mass is 596 g/mol. The summed E-state index contributed by atoms with van der Waals surface area (Å²) in [5.74, 6) is -0.677. The van der Waals surface area contributed by atoms with Gasteiger partial charge in [-0.05, 0) is 64.6 Å². The van der Waals surface area contributed by atoms with E-state index >= 15 is 0 Å². The van der Waals surface area contributed by atoms with Crippen LogP contribution >= 0.6 is 0 Å². The number of hydrogen-bond donors (Lipinski definition) is 1. The first-order chi connectivity index (χ1) is 21.2. The van der Waals surface area contributed by atoms with Crippen LogP contribution in [0.5, 0.6) is 0 Å². The fraction of sp³-hybridized carbons (Fsp3) is 0.167. The molecule has 0 radical (unpaired) electrons. The number of alkyl halides is 3. The average Bonchev–Trinajstić information content (AvgIpc) is 3.05. The van der Waals surface area contributed by atoms with Gasteiger partial charge < -0.3 is 10.1 Å². The average molecular weight is 597 g/mol. The number of anilines is 1. The maximum Gasteiger partial charge on any atom is 0.416 e. The van der Waals surface area contributed by atoms with Gasteiger partial charge in [-0.2, -0.15) is 13.2 Å². The molecule has 0 aliphatic carbocycles. The number of nitrogens with one attached hydrogen (secondary N) is 1. The molecular weight excluding hydrogens is 565 g/mol. The number of esters is 1. The lowest BCUT2D eigenvalue weighted by atomic mass is 9.96. The van der Waals surface area contributed by atoms with Crippen molar-refractivity contribution in [3.05, 3.63) is 144 Å². The van der Waals surface area contributed by atoms with Crippen molar-refractivity contribution in [1.29, 1.82) is 0 Å². The van der Waals surface area contributed by atoms with E-state index in [2.05, 4.69) is 22.9 Å². The number of carbonyl (C=O) groups is 2. The second-order valence-electron chi connectivity index (χ2n) is 10.4. The van der Waals surface area contributed by atoms with Crippen LogP contribution in [0.15, 0.2) is 122 Å². The Labute approximate surface area is 254 Å². The molecule has 0 saturated heterocycles. The summed E-state index contributed by atoms with van der Waals surface area (Å²) < 4.78 is 44.4. The van der Waals surface area contributed by atoms with Crippen LogP contribution in [-0.4, -0.2) is 36.5 Å². The normalized spacial score (nSPS) is 14.3. The highest BCUT2D eigenvalue weighted by atomic mass is 19.4. The largest absolute Gasteiger partial charge is 0.460 e. The molecule has 4 aromatic carbocycles. The van der Waals surface area contributed by atoms with Gasteiger partial charge in [0, 0.05) is 24.3 Å². The van der Waals surface area contributed by atoms with Crippen molar-refractivity contribution in [2.75, 3.05) is 25.0 Å². The van der Waals surface area contributed by atoms with Crippen molar-refractivity contribution in [3.8, 4) is 11.1 Å². The third-order valence-corrected chi connectivity index (χ3v) is 7.50. The molecule has 0 bridgehead atoms. The lowest BCUT2D eigenvalue weighted by Crippen LogP contribution is -2.38. The fourth-order valence-electron chi connectivity index (χ4n) is 5.27. The number of ether oxygens (including phenoxy) is 1. The lowest BCUT2D eigenvalue weighted by Gasteiger charge is -2.33. The zero-order valence-corrected chi connectivity index (χ0v) is 23.9. The van der Waals surface area contributed by atoms with Gasteiger partial charge in [-0.1, -0.05) is 91.5 Å². The lowest BCUT2D eigenvalue weighted by molar-refractivity contribution is -0.149. The standard InChI is InChI=1S/C36H31F3N2O3/c1-2-24-44-35(43)33(28-8-4-3-5-9-28)41-22-20-26(21-23-41)25-14-18-30(19-15-25)40-34(42)32-11-7-6-10-31(32)27-12-16-29(17-13-27)36(37,38)39/h2-20,33H,1,21-24H2,(H,40,42). The molecule has 5 rings (SSSR count). The Hall–Kier alpha value is -4.95. The zero-order chi connectivity index (χ0) is 31.1. The molecule has 224 valence electrons. The predicted octanol–water partition coefficient (Wildman–Crippen LogP) is 8.18. The highest BCUT2D eigenvalue weighted by Gasteiger charge is 2.31. The van der Waals surface area contributed by atoms with Crippen LogP contribution in [-0.2, 0) is 15.7 Å². The van der Waals surface area contributed by atoms with Crippen molar-refractivity contribution in [1.82, 2.24) is 4.90 Å². The van der Waals surface area contributed by atoms with Gasteiger partial charge in [-0.3, -0.25) is 9.69 Å². The summed E-state index contributed by atoms with van der Waals surface area (Å²) in [5, 5.41) is 2.90. The summed E-state index contributed by atoms with van der Waals surface area (Å²) >= 11 is 0. The van der Waals surface area contributed by atoms with Gasteiger partial charge in [0.2, 0.25) is 0 Å². The maximum atomic E-state index is 13.2. The van der Waals surface area contributed by atoms with Crippen LogP contribution < -0.4 is 5.32 Å². The van der Waals surface area contributed by atoms with E-state index in [4.69, 9.17) is 4.74 Å². The first-order valence-corrected chi connectivity index (χ1v) is 14.2. The van der Waals surface area contributed by atoms with E-state index in [1.165, 1.54) is 12.1 Å². The molecule has 8 heteroatoms. The molecule has 5 nitrogen and oxygen atoms in total. The van der Waals surface area contributed by atoms with Gasteiger partial charge in [0.15, 0.2) is 0 Å². The van der Waals surface area contributed by atoms with Gasteiger partial charge in [-0.15, -0.1) is 0 Å². The second kappa shape index (κ2) is 13.6. The minimum atomic E-state index is -4.43. The first-order valence-electron chi connectivity index (χ1n) is 14.2. The van der Waals surface area contributed by atoms with E-state index in [1.54, 1.807) is 30.3 Å². The van der Waals surface area contributed by atoms with Crippen LogP contribution in [0, 0.1) is 0 Å². The third kappa shape index (κ3) is 7.15. The number of halogens is 3. The van der Waals surface area contributed by atoms with Gasteiger partial charge in [0.05, 0.1) is 5.56 Å². The topological polar surface area (TPSA) is 58.6 Å². The summed E-state index contributed by atoms with van der Waals surface area (Å²) in [6.07, 6.45) is -0.0464. The highest BCUT2D eigenvalue weighted by molar-refractivity contribution is 6.08. The minimum absolute atomic E-state index is 0.153. The van der Waals surface area contributed by atoms with Crippen molar-refractivity contribution in [2.24, 2.45) is 0 Å². The summed E-state index contributed by atoms with van der Waals surface area (Å²) in [6.45, 7) is 5.01. The number of carbonyl (C=O) groups excluding carboxylic acids is 2. The molecule has 0 saturated carbocycles. The minimum Gasteiger partial charge on any atom is -0.460 e. The number of nitrogens with zero attached hydrogens (tertiary/aromatic N) is 1. The molecule has 1 aliphatic heterocycles. The van der Waals surface area contributed by atoms with E-state index in [0.29, 0.717) is 35.5 Å². The molecular formula is C36H31F3N2O3. The van der Waals surface area contributed by atoms with Crippen LogP contribution in [0.1, 0.15) is 39.5 Å². The van der Waals surface area contributed by atoms with Gasteiger partial charge >= 0.3 is 12.1 Å². The molecule has 4 aromatic rings. The molecule has 0 fully saturated rings. The fourth-order valence-corrected chi connectivity index (χ4v) is 5.27. The predicted molar refractivity (Wildman–Crippen MR) is 166 cm³/mol. The Morgan fingerprint density at radius 2 is 1.55 bits per heavy atom. The third-order valence-electron chi connectivity index (χ3n) is 7.50. The number of benzene rings is 4. The van der Waals surface area contributed by atoms with Gasteiger partial charge in [-0.25, -0.2) is 4.79 Å². The van der Waals surface area contributed by atoms with E-state index in [9.17, 15) is 22.8 Å². The summed E-state index contributed by atoms with van der Waals surface area (Å²) in [5.41, 5.74) is 4.27. The molecule has 1 aliphatic rings. The van der Waals surface area contributed by atoms with Crippen molar-refractivity contribution in [3.63, 3.8) is 0 Å². The molecule has 1 unspecified atom stereocenters. The quantitative estimate of drug-likeness (QED) is 0.156. The van der Waals surface area contributed by atoms with E-state index in [-0.39, 0.29) is 18.5 Å². The SMILES string of the molecule is C=CCOC(=O)C(c1ccccc1)N1CC=C(c2ccc(NC(=O)c3ccccc3-c3ccc(C(F)(F)F)cc3)cc2)CC1. The van der Waals surface area contributed by atoms with Crippen LogP contribution in [0.25, 0.3) is 16.7 Å². The molecule has 0 spiro atoms. The Balaban J connectivity index is 1.27. The van der Waals surface area contributed by atoms with Gasteiger partial charge in [0.25, 0.3) is 5.91 Å². The molecule has 0 aromatic heterocycles. The number of rotatable bonds is 9. The summed E-state index contributed by atoms with van der Waals surface area (Å²) in [6, 6.07) is 28.1. The Bertz CT molecular complexity index is 1650. The van der Waals surface area contributed by atoms with Crippen LogP contribution in [0.4, 0.5) is 18.9 Å². The van der Waals surface area contributed by atoms with E-state index < -0.39 is 17.8 Å². The molecule has 1 amide bonds.